The molecule has 0 aliphatic heterocycles. The largest absolute Gasteiger partial charge is 0.426 e. The van der Waals surface area contributed by atoms with E-state index in [2.05, 4.69) is 15.5 Å². The highest BCUT2D eigenvalue weighted by atomic mass is 32.9. The molecule has 0 fully saturated rings. The first-order valence-corrected chi connectivity index (χ1v) is 14.9. The van der Waals surface area contributed by atoms with Crippen LogP contribution in [0.25, 0.3) is 10.4 Å². The highest BCUT2D eigenvalue weighted by molar-refractivity contribution is 7.80. The fourth-order valence-corrected chi connectivity index (χ4v) is 6.03. The lowest BCUT2D eigenvalue weighted by atomic mass is 10.1. The molecule has 0 radical (unpaired) electrons. The third-order valence-electron chi connectivity index (χ3n) is 5.49. The topological polar surface area (TPSA) is 146 Å². The summed E-state index contributed by atoms with van der Waals surface area (Å²) in [6, 6.07) is 19.5. The van der Waals surface area contributed by atoms with Crippen molar-refractivity contribution in [3.8, 4) is 21.9 Å². The first-order chi connectivity index (χ1) is 20.2. The molecular weight excluding hydrogens is 603 g/mol. The van der Waals surface area contributed by atoms with Crippen LogP contribution in [0.2, 0.25) is 0 Å². The second kappa shape index (κ2) is 14.3. The molecule has 2 N–H and O–H groups in total. The van der Waals surface area contributed by atoms with E-state index in [1.165, 1.54) is 28.5 Å². The Bertz CT molecular complexity index is 1670. The van der Waals surface area contributed by atoms with Gasteiger partial charge in [0.1, 0.15) is 20.9 Å². The van der Waals surface area contributed by atoms with Gasteiger partial charge in [0, 0.05) is 22.7 Å². The zero-order valence-corrected chi connectivity index (χ0v) is 24.4. The van der Waals surface area contributed by atoms with Crippen LogP contribution in [-0.4, -0.2) is 29.7 Å². The standard InChI is InChI=1S/C28H23N3O8S3/c1-17-4-2-5-19(14-17)29-28(34)30-20-9-12-23(39-25(32)6-3-13-37-31(35)36)22(15-20)27(33)38-21-10-7-18(8-11-21)24-16-26(40)42-41-24/h2,4-5,7-12,14-16H,3,6,13H2,1H3,(H2,29,30,34). The van der Waals surface area contributed by atoms with Crippen molar-refractivity contribution in [2.75, 3.05) is 17.2 Å². The number of ether oxygens (including phenoxy) is 2. The number of nitrogens with zero attached hydrogens (tertiary/aromatic N) is 1. The van der Waals surface area contributed by atoms with Gasteiger partial charge in [0.05, 0.1) is 6.61 Å². The molecule has 0 saturated heterocycles. The van der Waals surface area contributed by atoms with Gasteiger partial charge in [0.15, 0.2) is 0 Å². The van der Waals surface area contributed by atoms with E-state index >= 15 is 0 Å². The molecule has 1 heterocycles. The minimum Gasteiger partial charge on any atom is -0.426 e. The first kappa shape index (κ1) is 30.3. The molecule has 0 unspecified atom stereocenters. The van der Waals surface area contributed by atoms with Gasteiger partial charge >= 0.3 is 18.0 Å². The maximum atomic E-state index is 13.2. The molecule has 3 aromatic carbocycles. The van der Waals surface area contributed by atoms with E-state index in [4.69, 9.17) is 21.7 Å². The summed E-state index contributed by atoms with van der Waals surface area (Å²) in [6.07, 6.45) is -0.166. The van der Waals surface area contributed by atoms with Crippen LogP contribution in [0, 0.1) is 20.9 Å². The first-order valence-electron chi connectivity index (χ1n) is 12.4. The average Bonchev–Trinajstić information content (AvgIpc) is 3.38. The predicted molar refractivity (Wildman–Crippen MR) is 162 cm³/mol. The van der Waals surface area contributed by atoms with Crippen molar-refractivity contribution in [3.63, 3.8) is 0 Å². The number of anilines is 2. The molecule has 0 bridgehead atoms. The van der Waals surface area contributed by atoms with Crippen LogP contribution >= 0.6 is 32.9 Å². The number of carbonyl (C=O) groups is 3. The van der Waals surface area contributed by atoms with Crippen LogP contribution < -0.4 is 20.1 Å². The van der Waals surface area contributed by atoms with E-state index < -0.39 is 23.1 Å². The molecule has 0 atom stereocenters. The van der Waals surface area contributed by atoms with E-state index in [0.717, 1.165) is 19.8 Å². The minimum atomic E-state index is -0.954. The number of esters is 2. The van der Waals surface area contributed by atoms with Crippen molar-refractivity contribution < 1.29 is 33.8 Å². The lowest BCUT2D eigenvalue weighted by Crippen LogP contribution is -2.20. The van der Waals surface area contributed by atoms with Gasteiger partial charge in [0.25, 0.3) is 5.09 Å². The quantitative estimate of drug-likeness (QED) is 0.0334. The zero-order valence-electron chi connectivity index (χ0n) is 22.0. The Morgan fingerprint density at radius 1 is 0.929 bits per heavy atom. The normalized spacial score (nSPS) is 10.4. The highest BCUT2D eigenvalue weighted by Gasteiger charge is 2.20. The number of amides is 2. The molecule has 11 nitrogen and oxygen atoms in total. The Hall–Kier alpha value is -4.66. The molecule has 2 amide bonds. The Kier molecular flexibility index (Phi) is 10.3. The molecular formula is C28H23N3O8S3. The van der Waals surface area contributed by atoms with Crippen molar-refractivity contribution in [1.29, 1.82) is 0 Å². The Labute approximate surface area is 252 Å². The molecule has 0 aliphatic rings. The van der Waals surface area contributed by atoms with Gasteiger partial charge < -0.3 is 24.9 Å². The van der Waals surface area contributed by atoms with Crippen LogP contribution in [0.1, 0.15) is 28.8 Å². The molecule has 4 rings (SSSR count). The summed E-state index contributed by atoms with van der Waals surface area (Å²) in [4.78, 5) is 53.7. The van der Waals surface area contributed by atoms with Gasteiger partial charge in [-0.15, -0.1) is 10.1 Å². The van der Waals surface area contributed by atoms with Crippen molar-refractivity contribution in [3.05, 3.63) is 97.9 Å². The summed E-state index contributed by atoms with van der Waals surface area (Å²) in [5.41, 5.74) is 2.56. The molecule has 14 heteroatoms. The highest BCUT2D eigenvalue weighted by Crippen LogP contribution is 2.31. The lowest BCUT2D eigenvalue weighted by molar-refractivity contribution is -0.757. The third kappa shape index (κ3) is 8.92. The lowest BCUT2D eigenvalue weighted by Gasteiger charge is -2.13. The zero-order chi connectivity index (χ0) is 30.1. The number of benzene rings is 3. The molecule has 0 saturated carbocycles. The van der Waals surface area contributed by atoms with Crippen molar-refractivity contribution in [2.45, 2.75) is 19.8 Å². The number of nitrogens with one attached hydrogen (secondary N) is 2. The number of carbonyl (C=O) groups excluding carboxylic acids is 3. The number of urea groups is 1. The minimum absolute atomic E-state index is 0.0304. The Morgan fingerprint density at radius 3 is 2.33 bits per heavy atom. The van der Waals surface area contributed by atoms with E-state index in [-0.39, 0.29) is 42.2 Å². The number of rotatable bonds is 11. The summed E-state index contributed by atoms with van der Waals surface area (Å²) in [5.74, 6) is -1.45. The van der Waals surface area contributed by atoms with Crippen LogP contribution in [0.4, 0.5) is 16.2 Å². The monoisotopic (exact) mass is 625 g/mol. The van der Waals surface area contributed by atoms with E-state index in [1.807, 2.05) is 19.1 Å². The van der Waals surface area contributed by atoms with Crippen LogP contribution in [0.15, 0.2) is 72.8 Å². The fraction of sp³-hybridized carbons (Fsp3) is 0.143. The Morgan fingerprint density at radius 2 is 1.67 bits per heavy atom. The maximum Gasteiger partial charge on any atom is 0.347 e. The molecule has 42 heavy (non-hydrogen) atoms. The van der Waals surface area contributed by atoms with Crippen LogP contribution in [0.3, 0.4) is 0 Å². The average molecular weight is 626 g/mol. The smallest absolute Gasteiger partial charge is 0.347 e. The van der Waals surface area contributed by atoms with E-state index in [1.54, 1.807) is 52.8 Å². The number of hydrogen-bond donors (Lipinski definition) is 2. The summed E-state index contributed by atoms with van der Waals surface area (Å²) in [6.45, 7) is 1.61. The summed E-state index contributed by atoms with van der Waals surface area (Å²) in [5, 5.41) is 14.7. The SMILES string of the molecule is Cc1cccc(NC(=O)Nc2ccc(OC(=O)CCCO[N+](=O)[O-])c(C(=O)Oc3ccc(-c4cc(=S)ss4)cc3)c2)c1. The number of aryl methyl sites for hydroxylation is 1. The van der Waals surface area contributed by atoms with Gasteiger partial charge in [0.2, 0.25) is 0 Å². The van der Waals surface area contributed by atoms with Gasteiger partial charge in [-0.1, -0.05) is 45.0 Å². The van der Waals surface area contributed by atoms with Gasteiger partial charge in [-0.2, -0.15) is 0 Å². The molecule has 4 aromatic rings. The third-order valence-corrected chi connectivity index (χ3v) is 8.40. The molecule has 1 aromatic heterocycles. The second-order valence-electron chi connectivity index (χ2n) is 8.70. The van der Waals surface area contributed by atoms with Gasteiger partial charge in [-0.05, 0) is 85.1 Å². The molecule has 216 valence electrons. The van der Waals surface area contributed by atoms with Crippen LogP contribution in [0.5, 0.6) is 11.5 Å². The van der Waals surface area contributed by atoms with Gasteiger partial charge in [-0.3, -0.25) is 4.79 Å². The fourth-order valence-electron chi connectivity index (χ4n) is 3.62. The van der Waals surface area contributed by atoms with Crippen molar-refractivity contribution in [1.82, 2.24) is 0 Å². The van der Waals surface area contributed by atoms with Crippen molar-refractivity contribution in [2.24, 2.45) is 0 Å². The van der Waals surface area contributed by atoms with E-state index in [0.29, 0.717) is 5.69 Å². The summed E-state index contributed by atoms with van der Waals surface area (Å²) < 4.78 is 11.7. The second-order valence-corrected chi connectivity index (χ2v) is 11.6. The molecule has 0 spiro atoms. The predicted octanol–water partition coefficient (Wildman–Crippen LogP) is 7.27. The Balaban J connectivity index is 1.50. The number of hydrogen-bond acceptors (Lipinski definition) is 11. The van der Waals surface area contributed by atoms with Crippen molar-refractivity contribution >= 4 is 62.2 Å². The summed E-state index contributed by atoms with van der Waals surface area (Å²) >= 11 is 5.19. The summed E-state index contributed by atoms with van der Waals surface area (Å²) in [7, 11) is 3.03. The molecule has 0 aliphatic carbocycles. The van der Waals surface area contributed by atoms with Crippen LogP contribution in [-0.2, 0) is 9.63 Å². The maximum absolute atomic E-state index is 13.2. The van der Waals surface area contributed by atoms with E-state index in [9.17, 15) is 24.5 Å². The van der Waals surface area contributed by atoms with Gasteiger partial charge in [-0.25, -0.2) is 9.59 Å².